The summed E-state index contributed by atoms with van der Waals surface area (Å²) < 4.78 is 5.73. The Kier molecular flexibility index (Phi) is 5.73. The maximum atomic E-state index is 13.1. The van der Waals surface area contributed by atoms with E-state index in [0.29, 0.717) is 11.4 Å². The molecule has 148 valence electrons. The second kappa shape index (κ2) is 8.05. The molecule has 2 aromatic rings. The maximum Gasteiger partial charge on any atom is 0.268 e. The number of nitrogens with one attached hydrogen (secondary N) is 1. The van der Waals surface area contributed by atoms with E-state index in [2.05, 4.69) is 19.2 Å². The van der Waals surface area contributed by atoms with Gasteiger partial charge < -0.3 is 10.1 Å². The first-order chi connectivity index (χ1) is 13.4. The number of carbonyl (C=O) groups excluding carboxylic acids is 2. The molecule has 2 aromatic carbocycles. The molecule has 5 nitrogen and oxygen atoms in total. The van der Waals surface area contributed by atoms with E-state index >= 15 is 0 Å². The molecule has 0 aliphatic carbocycles. The highest BCUT2D eigenvalue weighted by molar-refractivity contribution is 6.08. The summed E-state index contributed by atoms with van der Waals surface area (Å²) in [7, 11) is 0. The fourth-order valence-corrected chi connectivity index (χ4v) is 3.62. The van der Waals surface area contributed by atoms with E-state index in [1.165, 1.54) is 0 Å². The number of para-hydroxylation sites is 1. The van der Waals surface area contributed by atoms with E-state index in [1.807, 2.05) is 43.3 Å². The van der Waals surface area contributed by atoms with Gasteiger partial charge in [-0.05, 0) is 62.4 Å². The molecule has 5 heteroatoms. The van der Waals surface area contributed by atoms with Gasteiger partial charge in [0.1, 0.15) is 11.8 Å². The number of carbonyl (C=O) groups is 2. The normalized spacial score (nSPS) is 17.0. The molecule has 2 atom stereocenters. The Morgan fingerprint density at radius 2 is 1.82 bits per heavy atom. The number of hydrogen-bond acceptors (Lipinski definition) is 3. The third kappa shape index (κ3) is 3.61. The lowest BCUT2D eigenvalue weighted by Crippen LogP contribution is -2.52. The van der Waals surface area contributed by atoms with Crippen LogP contribution in [-0.2, 0) is 22.4 Å². The topological polar surface area (TPSA) is 58.6 Å². The molecule has 0 fully saturated rings. The van der Waals surface area contributed by atoms with Crippen LogP contribution in [0, 0.1) is 6.92 Å². The highest BCUT2D eigenvalue weighted by atomic mass is 16.5. The molecule has 1 heterocycles. The quantitative estimate of drug-likeness (QED) is 0.843. The number of fused-ring (bicyclic) bond motifs is 1. The van der Waals surface area contributed by atoms with Crippen LogP contribution in [0.1, 0.15) is 44.4 Å². The van der Waals surface area contributed by atoms with Crippen molar-refractivity contribution in [2.75, 3.05) is 10.2 Å². The standard InChI is InChI=1S/C23H28N2O3/c1-6-17-9-8-10-18(7-2)21(17)24-22(26)15(4)25-19-13-14(3)11-12-20(19)28-16(5)23(25)27/h8-13,15-16H,6-7H2,1-5H3,(H,24,26). The number of nitrogens with zero attached hydrogens (tertiary/aromatic N) is 1. The van der Waals surface area contributed by atoms with Crippen molar-refractivity contribution >= 4 is 23.2 Å². The highest BCUT2D eigenvalue weighted by Crippen LogP contribution is 2.36. The molecule has 1 N–H and O–H groups in total. The van der Waals surface area contributed by atoms with Crippen molar-refractivity contribution in [2.45, 2.75) is 59.6 Å². The second-order valence-electron chi connectivity index (χ2n) is 7.26. The Morgan fingerprint density at radius 3 is 2.43 bits per heavy atom. The molecule has 3 rings (SSSR count). The van der Waals surface area contributed by atoms with E-state index in [1.54, 1.807) is 18.7 Å². The molecule has 1 aliphatic rings. The number of aryl methyl sites for hydroxylation is 3. The SMILES string of the molecule is CCc1cccc(CC)c1NC(=O)C(C)N1C(=O)C(C)Oc2ccc(C)cc21. The van der Waals surface area contributed by atoms with E-state index in [0.717, 1.165) is 35.2 Å². The summed E-state index contributed by atoms with van der Waals surface area (Å²) in [6.07, 6.45) is 1.03. The van der Waals surface area contributed by atoms with Gasteiger partial charge in [-0.15, -0.1) is 0 Å². The van der Waals surface area contributed by atoms with Crippen LogP contribution < -0.4 is 15.0 Å². The van der Waals surface area contributed by atoms with Crippen molar-refractivity contribution in [2.24, 2.45) is 0 Å². The summed E-state index contributed by atoms with van der Waals surface area (Å²) in [4.78, 5) is 27.6. The molecule has 2 unspecified atom stereocenters. The van der Waals surface area contributed by atoms with E-state index in [-0.39, 0.29) is 11.8 Å². The zero-order valence-corrected chi connectivity index (χ0v) is 17.2. The molecule has 28 heavy (non-hydrogen) atoms. The first-order valence-corrected chi connectivity index (χ1v) is 9.89. The molecule has 0 radical (unpaired) electrons. The first kappa shape index (κ1) is 19.9. The lowest BCUT2D eigenvalue weighted by Gasteiger charge is -2.36. The van der Waals surface area contributed by atoms with Crippen LogP contribution >= 0.6 is 0 Å². The zero-order valence-electron chi connectivity index (χ0n) is 17.2. The molecule has 0 saturated carbocycles. The molecule has 2 amide bonds. The summed E-state index contributed by atoms with van der Waals surface area (Å²) in [5.41, 5.74) is 4.70. The van der Waals surface area contributed by atoms with Crippen molar-refractivity contribution in [3.8, 4) is 5.75 Å². The van der Waals surface area contributed by atoms with Crippen LogP contribution in [0.3, 0.4) is 0 Å². The molecular formula is C23H28N2O3. The maximum absolute atomic E-state index is 13.1. The molecule has 0 bridgehead atoms. The van der Waals surface area contributed by atoms with Crippen LogP contribution in [-0.4, -0.2) is 24.0 Å². The van der Waals surface area contributed by atoms with Crippen molar-refractivity contribution in [3.63, 3.8) is 0 Å². The number of amides is 2. The Labute approximate surface area is 166 Å². The van der Waals surface area contributed by atoms with Crippen molar-refractivity contribution < 1.29 is 14.3 Å². The predicted octanol–water partition coefficient (Wildman–Crippen LogP) is 4.26. The Hall–Kier alpha value is -2.82. The van der Waals surface area contributed by atoms with Crippen LogP contribution in [0.15, 0.2) is 36.4 Å². The minimum Gasteiger partial charge on any atom is -0.479 e. The van der Waals surface area contributed by atoms with E-state index < -0.39 is 12.1 Å². The van der Waals surface area contributed by atoms with Gasteiger partial charge in [-0.2, -0.15) is 0 Å². The first-order valence-electron chi connectivity index (χ1n) is 9.89. The van der Waals surface area contributed by atoms with Gasteiger partial charge in [0.25, 0.3) is 5.91 Å². The van der Waals surface area contributed by atoms with E-state index in [4.69, 9.17) is 4.74 Å². The van der Waals surface area contributed by atoms with Gasteiger partial charge in [0.15, 0.2) is 6.10 Å². The lowest BCUT2D eigenvalue weighted by molar-refractivity contribution is -0.128. The zero-order chi connectivity index (χ0) is 20.4. The summed E-state index contributed by atoms with van der Waals surface area (Å²) in [6.45, 7) is 9.57. The number of rotatable bonds is 5. The minimum absolute atomic E-state index is 0.203. The number of ether oxygens (including phenoxy) is 1. The number of anilines is 2. The molecule has 0 aromatic heterocycles. The fraction of sp³-hybridized carbons (Fsp3) is 0.391. The minimum atomic E-state index is -0.658. The largest absolute Gasteiger partial charge is 0.479 e. The molecule has 1 aliphatic heterocycles. The Balaban J connectivity index is 1.94. The molecular weight excluding hydrogens is 352 g/mol. The lowest BCUT2D eigenvalue weighted by atomic mass is 10.0. The van der Waals surface area contributed by atoms with Crippen molar-refractivity contribution in [1.82, 2.24) is 0 Å². The van der Waals surface area contributed by atoms with Gasteiger partial charge in [-0.3, -0.25) is 14.5 Å². The van der Waals surface area contributed by atoms with Gasteiger partial charge in [-0.25, -0.2) is 0 Å². The highest BCUT2D eigenvalue weighted by Gasteiger charge is 2.37. The van der Waals surface area contributed by atoms with Gasteiger partial charge in [0, 0.05) is 5.69 Å². The third-order valence-electron chi connectivity index (χ3n) is 5.28. The number of hydrogen-bond donors (Lipinski definition) is 1. The summed E-state index contributed by atoms with van der Waals surface area (Å²) in [6, 6.07) is 11.1. The van der Waals surface area contributed by atoms with Gasteiger partial charge in [-0.1, -0.05) is 38.1 Å². The Bertz CT molecular complexity index is 884. The van der Waals surface area contributed by atoms with Gasteiger partial charge in [0.05, 0.1) is 5.69 Å². The molecule has 0 saturated heterocycles. The van der Waals surface area contributed by atoms with Gasteiger partial charge in [0.2, 0.25) is 5.91 Å². The second-order valence-corrected chi connectivity index (χ2v) is 7.26. The van der Waals surface area contributed by atoms with Crippen molar-refractivity contribution in [3.05, 3.63) is 53.1 Å². The average molecular weight is 380 g/mol. The summed E-state index contributed by atoms with van der Waals surface area (Å²) in [5.74, 6) is 0.214. The summed E-state index contributed by atoms with van der Waals surface area (Å²) in [5, 5.41) is 3.09. The van der Waals surface area contributed by atoms with E-state index in [9.17, 15) is 9.59 Å². The third-order valence-corrected chi connectivity index (χ3v) is 5.28. The van der Waals surface area contributed by atoms with Crippen LogP contribution in [0.2, 0.25) is 0 Å². The van der Waals surface area contributed by atoms with Crippen LogP contribution in [0.5, 0.6) is 5.75 Å². The van der Waals surface area contributed by atoms with Gasteiger partial charge >= 0.3 is 0 Å². The van der Waals surface area contributed by atoms with Crippen LogP contribution in [0.4, 0.5) is 11.4 Å². The Morgan fingerprint density at radius 1 is 1.18 bits per heavy atom. The predicted molar refractivity (Wildman–Crippen MR) is 112 cm³/mol. The van der Waals surface area contributed by atoms with Crippen molar-refractivity contribution in [1.29, 1.82) is 0 Å². The monoisotopic (exact) mass is 380 g/mol. The summed E-state index contributed by atoms with van der Waals surface area (Å²) >= 11 is 0. The fourth-order valence-electron chi connectivity index (χ4n) is 3.62. The average Bonchev–Trinajstić information content (AvgIpc) is 2.69. The molecule has 0 spiro atoms. The number of benzene rings is 2. The smallest absolute Gasteiger partial charge is 0.268 e. The van der Waals surface area contributed by atoms with Crippen LogP contribution in [0.25, 0.3) is 0 Å².